The SMILES string of the molecule is CCCc1cnc(N2C[C@@H]3[C@H](CNC(=O)c4cscn4)[C@H]4CC[C@]3(C2)O4)nc1. The summed E-state index contributed by atoms with van der Waals surface area (Å²) in [4.78, 5) is 27.9. The number of amides is 1. The Morgan fingerprint density at radius 3 is 3.00 bits per heavy atom. The van der Waals surface area contributed by atoms with Crippen LogP contribution in [0.4, 0.5) is 5.95 Å². The molecule has 3 fully saturated rings. The Labute approximate surface area is 168 Å². The number of nitrogens with one attached hydrogen (secondary N) is 1. The van der Waals surface area contributed by atoms with E-state index in [0.29, 0.717) is 24.1 Å². The van der Waals surface area contributed by atoms with Crippen LogP contribution in [0.5, 0.6) is 0 Å². The molecule has 1 spiro atoms. The Morgan fingerprint density at radius 1 is 1.39 bits per heavy atom. The molecule has 148 valence electrons. The first kappa shape index (κ1) is 18.0. The first-order chi connectivity index (χ1) is 13.7. The van der Waals surface area contributed by atoms with E-state index in [1.165, 1.54) is 16.9 Å². The van der Waals surface area contributed by atoms with Crippen molar-refractivity contribution in [2.45, 2.75) is 44.3 Å². The summed E-state index contributed by atoms with van der Waals surface area (Å²) in [5.74, 6) is 1.44. The lowest BCUT2D eigenvalue weighted by atomic mass is 9.73. The highest BCUT2D eigenvalue weighted by Crippen LogP contribution is 2.54. The molecule has 2 aromatic rings. The molecule has 3 saturated heterocycles. The zero-order valence-electron chi connectivity index (χ0n) is 16.0. The monoisotopic (exact) mass is 399 g/mol. The van der Waals surface area contributed by atoms with Crippen molar-refractivity contribution >= 4 is 23.2 Å². The molecule has 1 N–H and O–H groups in total. The zero-order valence-corrected chi connectivity index (χ0v) is 16.8. The molecular weight excluding hydrogens is 374 g/mol. The van der Waals surface area contributed by atoms with Gasteiger partial charge in [0.25, 0.3) is 5.91 Å². The Hall–Kier alpha value is -2.06. The van der Waals surface area contributed by atoms with Crippen molar-refractivity contribution in [1.82, 2.24) is 20.3 Å². The number of ether oxygens (including phenoxy) is 1. The number of hydrogen-bond acceptors (Lipinski definition) is 7. The van der Waals surface area contributed by atoms with Crippen molar-refractivity contribution < 1.29 is 9.53 Å². The molecule has 28 heavy (non-hydrogen) atoms. The molecular formula is C20H25N5O2S. The van der Waals surface area contributed by atoms with Crippen molar-refractivity contribution in [3.63, 3.8) is 0 Å². The summed E-state index contributed by atoms with van der Waals surface area (Å²) in [5, 5.41) is 4.86. The summed E-state index contributed by atoms with van der Waals surface area (Å²) in [7, 11) is 0. The molecule has 8 heteroatoms. The molecule has 0 aliphatic carbocycles. The molecule has 2 aromatic heterocycles. The molecule has 0 radical (unpaired) electrons. The number of thiazole rings is 1. The lowest BCUT2D eigenvalue weighted by Crippen LogP contribution is -2.42. The summed E-state index contributed by atoms with van der Waals surface area (Å²) in [6, 6.07) is 0. The minimum absolute atomic E-state index is 0.0947. The predicted molar refractivity (Wildman–Crippen MR) is 107 cm³/mol. The van der Waals surface area contributed by atoms with E-state index in [4.69, 9.17) is 4.74 Å². The van der Waals surface area contributed by atoms with Crippen LogP contribution in [0.2, 0.25) is 0 Å². The van der Waals surface area contributed by atoms with Gasteiger partial charge in [0, 0.05) is 42.7 Å². The van der Waals surface area contributed by atoms with Crippen LogP contribution in [0.25, 0.3) is 0 Å². The smallest absolute Gasteiger partial charge is 0.270 e. The summed E-state index contributed by atoms with van der Waals surface area (Å²) >= 11 is 1.44. The normalized spacial score (nSPS) is 30.6. The highest BCUT2D eigenvalue weighted by atomic mass is 32.1. The number of nitrogens with zero attached hydrogens (tertiary/aromatic N) is 4. The van der Waals surface area contributed by atoms with E-state index < -0.39 is 0 Å². The maximum Gasteiger partial charge on any atom is 0.270 e. The average molecular weight is 400 g/mol. The molecule has 0 unspecified atom stereocenters. The van der Waals surface area contributed by atoms with Gasteiger partial charge in [-0.25, -0.2) is 15.0 Å². The second-order valence-corrected chi connectivity index (χ2v) is 8.85. The molecule has 7 nitrogen and oxygen atoms in total. The standard InChI is InChI=1S/C20H25N5O2S/c1-2-3-13-6-22-19(23-7-13)25-9-15-14(17-4-5-20(15,11-25)27-17)8-21-18(26)16-10-28-12-24-16/h6-7,10,12,14-15,17H,2-5,8-9,11H2,1H3,(H,21,26)/t14-,15+,17+,20+/m0/s1. The number of aromatic nitrogens is 3. The van der Waals surface area contributed by atoms with Crippen LogP contribution in [-0.4, -0.2) is 52.2 Å². The minimum atomic E-state index is -0.105. The Kier molecular flexibility index (Phi) is 4.55. The van der Waals surface area contributed by atoms with E-state index >= 15 is 0 Å². The van der Waals surface area contributed by atoms with Crippen LogP contribution in [0, 0.1) is 11.8 Å². The van der Waals surface area contributed by atoms with Crippen molar-refractivity contribution in [3.8, 4) is 0 Å². The highest BCUT2D eigenvalue weighted by Gasteiger charge is 2.63. The summed E-state index contributed by atoms with van der Waals surface area (Å²) in [6.07, 6.45) is 8.40. The van der Waals surface area contributed by atoms with Crippen LogP contribution in [0.15, 0.2) is 23.3 Å². The number of anilines is 1. The van der Waals surface area contributed by atoms with Crippen LogP contribution in [0.3, 0.4) is 0 Å². The van der Waals surface area contributed by atoms with E-state index in [9.17, 15) is 4.79 Å². The molecule has 5 rings (SSSR count). The lowest BCUT2D eigenvalue weighted by Gasteiger charge is -2.29. The summed E-state index contributed by atoms with van der Waals surface area (Å²) < 4.78 is 6.47. The van der Waals surface area contributed by atoms with Crippen molar-refractivity contribution in [1.29, 1.82) is 0 Å². The lowest BCUT2D eigenvalue weighted by molar-refractivity contribution is 0.0141. The first-order valence-electron chi connectivity index (χ1n) is 10.1. The van der Waals surface area contributed by atoms with Gasteiger partial charge in [0.15, 0.2) is 0 Å². The van der Waals surface area contributed by atoms with Crippen LogP contribution >= 0.6 is 11.3 Å². The number of hydrogen-bond donors (Lipinski definition) is 1. The van der Waals surface area contributed by atoms with E-state index in [1.807, 2.05) is 12.4 Å². The molecule has 0 aromatic carbocycles. The Morgan fingerprint density at radius 2 is 2.25 bits per heavy atom. The predicted octanol–water partition coefficient (Wildman–Crippen LogP) is 2.30. The average Bonchev–Trinajstić information content (AvgIpc) is 3.47. The molecule has 2 bridgehead atoms. The number of rotatable bonds is 6. The van der Waals surface area contributed by atoms with Crippen molar-refractivity contribution in [2.24, 2.45) is 11.8 Å². The van der Waals surface area contributed by atoms with Gasteiger partial charge in [-0.2, -0.15) is 0 Å². The van der Waals surface area contributed by atoms with Crippen LogP contribution in [0.1, 0.15) is 42.2 Å². The Balaban J connectivity index is 1.27. The summed E-state index contributed by atoms with van der Waals surface area (Å²) in [5.41, 5.74) is 3.26. The molecule has 3 aliphatic heterocycles. The van der Waals surface area contributed by atoms with E-state index in [1.54, 1.807) is 10.9 Å². The van der Waals surface area contributed by atoms with Gasteiger partial charge in [0.1, 0.15) is 5.69 Å². The second kappa shape index (κ2) is 7.08. The maximum atomic E-state index is 12.3. The van der Waals surface area contributed by atoms with Gasteiger partial charge in [-0.15, -0.1) is 11.3 Å². The highest BCUT2D eigenvalue weighted by molar-refractivity contribution is 7.07. The third kappa shape index (κ3) is 2.99. The largest absolute Gasteiger partial charge is 0.369 e. The van der Waals surface area contributed by atoms with Gasteiger partial charge in [-0.3, -0.25) is 4.79 Å². The van der Waals surface area contributed by atoms with Gasteiger partial charge in [-0.1, -0.05) is 13.3 Å². The molecule has 4 atom stereocenters. The second-order valence-electron chi connectivity index (χ2n) is 8.14. The van der Waals surface area contributed by atoms with Crippen LogP contribution < -0.4 is 10.2 Å². The van der Waals surface area contributed by atoms with Crippen molar-refractivity contribution in [2.75, 3.05) is 24.5 Å². The fourth-order valence-corrected chi connectivity index (χ4v) is 5.70. The van der Waals surface area contributed by atoms with Gasteiger partial charge >= 0.3 is 0 Å². The fourth-order valence-electron chi connectivity index (χ4n) is 5.17. The van der Waals surface area contributed by atoms with Gasteiger partial charge in [-0.05, 0) is 24.8 Å². The molecule has 0 saturated carbocycles. The zero-order chi connectivity index (χ0) is 19.1. The first-order valence-corrected chi connectivity index (χ1v) is 11.0. The quantitative estimate of drug-likeness (QED) is 0.803. The van der Waals surface area contributed by atoms with Gasteiger partial charge in [0.05, 0.1) is 23.8 Å². The van der Waals surface area contributed by atoms with Crippen LogP contribution in [-0.2, 0) is 11.2 Å². The minimum Gasteiger partial charge on any atom is -0.369 e. The number of fused-ring (bicyclic) bond motifs is 1. The maximum absolute atomic E-state index is 12.3. The Bertz CT molecular complexity index is 843. The number of carbonyl (C=O) groups is 1. The van der Waals surface area contributed by atoms with Gasteiger partial charge < -0.3 is 15.0 Å². The van der Waals surface area contributed by atoms with Gasteiger partial charge in [0.2, 0.25) is 5.95 Å². The van der Waals surface area contributed by atoms with Crippen molar-refractivity contribution in [3.05, 3.63) is 34.5 Å². The third-order valence-corrected chi connectivity index (χ3v) is 7.05. The molecule has 3 aliphatic rings. The fraction of sp³-hybridized carbons (Fsp3) is 0.600. The van der Waals surface area contributed by atoms with E-state index in [0.717, 1.165) is 44.7 Å². The van der Waals surface area contributed by atoms with E-state index in [2.05, 4.69) is 32.1 Å². The molecule has 5 heterocycles. The third-order valence-electron chi connectivity index (χ3n) is 6.46. The number of carbonyl (C=O) groups excluding carboxylic acids is 1. The number of aryl methyl sites for hydroxylation is 1. The molecule has 1 amide bonds. The summed E-state index contributed by atoms with van der Waals surface area (Å²) in [6.45, 7) is 4.53. The topological polar surface area (TPSA) is 80.2 Å². The van der Waals surface area contributed by atoms with E-state index in [-0.39, 0.29) is 17.6 Å².